The third-order valence-corrected chi connectivity index (χ3v) is 2.24. The Labute approximate surface area is 98.0 Å². The van der Waals surface area contributed by atoms with Gasteiger partial charge < -0.3 is 4.74 Å². The van der Waals surface area contributed by atoms with Crippen LogP contribution in [-0.4, -0.2) is 13.2 Å². The molecular formula is C12H14F3O2. The van der Waals surface area contributed by atoms with Crippen LogP contribution in [0.1, 0.15) is 24.8 Å². The summed E-state index contributed by atoms with van der Waals surface area (Å²) >= 11 is 0. The molecule has 0 bridgehead atoms. The number of unbranched alkanes of at least 4 members (excludes halogenated alkanes) is 2. The Bertz CT molecular complexity index is 320. The normalized spacial score (nSPS) is 11.5. The molecular weight excluding hydrogens is 233 g/mol. The highest BCUT2D eigenvalue weighted by Crippen LogP contribution is 2.30. The fourth-order valence-electron chi connectivity index (χ4n) is 1.31. The molecule has 1 rings (SSSR count). The maximum Gasteiger partial charge on any atom is 0.416 e. The van der Waals surface area contributed by atoms with Crippen LogP contribution in [0.25, 0.3) is 0 Å². The molecule has 0 spiro atoms. The minimum atomic E-state index is -4.31. The first-order valence-corrected chi connectivity index (χ1v) is 5.42. The van der Waals surface area contributed by atoms with Crippen molar-refractivity contribution in [3.8, 4) is 5.75 Å². The van der Waals surface area contributed by atoms with Gasteiger partial charge in [-0.25, -0.2) is 5.11 Å². The molecule has 0 saturated heterocycles. The summed E-state index contributed by atoms with van der Waals surface area (Å²) in [5, 5.41) is 10.1. The minimum Gasteiger partial charge on any atom is -0.494 e. The average molecular weight is 247 g/mol. The number of alkyl halides is 3. The second-order valence-corrected chi connectivity index (χ2v) is 3.64. The molecule has 0 N–H and O–H groups in total. The highest BCUT2D eigenvalue weighted by atomic mass is 19.4. The van der Waals surface area contributed by atoms with Crippen molar-refractivity contribution in [1.29, 1.82) is 0 Å². The molecule has 1 radical (unpaired) electrons. The smallest absolute Gasteiger partial charge is 0.416 e. The molecule has 0 amide bonds. The van der Waals surface area contributed by atoms with E-state index in [0.29, 0.717) is 18.8 Å². The summed E-state index contributed by atoms with van der Waals surface area (Å²) < 4.78 is 42.0. The standard InChI is InChI=1S/C12H14F3O2/c13-12(14,15)10-4-6-11(7-5-10)17-9-3-1-2-8-16/h4-7H,1-3,8-9H2. The van der Waals surface area contributed by atoms with E-state index in [0.717, 1.165) is 25.0 Å². The van der Waals surface area contributed by atoms with Gasteiger partial charge in [-0.1, -0.05) is 0 Å². The molecule has 95 valence electrons. The van der Waals surface area contributed by atoms with Gasteiger partial charge in [-0.05, 0) is 43.5 Å². The first-order valence-electron chi connectivity index (χ1n) is 5.42. The third kappa shape index (κ3) is 5.08. The van der Waals surface area contributed by atoms with Crippen LogP contribution >= 0.6 is 0 Å². The van der Waals surface area contributed by atoms with Gasteiger partial charge in [0.1, 0.15) is 5.75 Å². The second kappa shape index (κ2) is 6.49. The van der Waals surface area contributed by atoms with Crippen LogP contribution in [0.5, 0.6) is 5.75 Å². The van der Waals surface area contributed by atoms with Crippen molar-refractivity contribution in [3.63, 3.8) is 0 Å². The van der Waals surface area contributed by atoms with E-state index in [9.17, 15) is 18.3 Å². The third-order valence-electron chi connectivity index (χ3n) is 2.24. The lowest BCUT2D eigenvalue weighted by Gasteiger charge is -2.08. The summed E-state index contributed by atoms with van der Waals surface area (Å²) in [6.07, 6.45) is -2.18. The van der Waals surface area contributed by atoms with Crippen LogP contribution < -0.4 is 4.74 Å². The summed E-state index contributed by atoms with van der Waals surface area (Å²) in [7, 11) is 0. The van der Waals surface area contributed by atoms with E-state index in [1.165, 1.54) is 12.1 Å². The summed E-state index contributed by atoms with van der Waals surface area (Å²) in [5.41, 5.74) is -0.684. The highest BCUT2D eigenvalue weighted by Gasteiger charge is 2.29. The highest BCUT2D eigenvalue weighted by molar-refractivity contribution is 5.28. The van der Waals surface area contributed by atoms with Gasteiger partial charge in [0.25, 0.3) is 0 Å². The van der Waals surface area contributed by atoms with Crippen LogP contribution in [0.4, 0.5) is 13.2 Å². The van der Waals surface area contributed by atoms with E-state index in [2.05, 4.69) is 0 Å². The van der Waals surface area contributed by atoms with E-state index in [1.54, 1.807) is 0 Å². The number of ether oxygens (including phenoxy) is 1. The van der Waals surface area contributed by atoms with Crippen LogP contribution in [0.3, 0.4) is 0 Å². The van der Waals surface area contributed by atoms with Gasteiger partial charge in [-0.3, -0.25) is 0 Å². The first-order chi connectivity index (χ1) is 8.04. The van der Waals surface area contributed by atoms with E-state index in [1.807, 2.05) is 0 Å². The molecule has 0 aliphatic carbocycles. The van der Waals surface area contributed by atoms with Crippen molar-refractivity contribution < 1.29 is 23.0 Å². The predicted molar refractivity (Wildman–Crippen MR) is 56.3 cm³/mol. The zero-order chi connectivity index (χ0) is 12.7. The van der Waals surface area contributed by atoms with Gasteiger partial charge in [-0.15, -0.1) is 0 Å². The number of hydrogen-bond donors (Lipinski definition) is 0. The molecule has 1 aromatic carbocycles. The summed E-state index contributed by atoms with van der Waals surface area (Å²) in [6, 6.07) is 4.59. The van der Waals surface area contributed by atoms with E-state index in [4.69, 9.17) is 4.74 Å². The molecule has 5 heteroatoms. The van der Waals surface area contributed by atoms with E-state index >= 15 is 0 Å². The molecule has 2 nitrogen and oxygen atoms in total. The van der Waals surface area contributed by atoms with Crippen molar-refractivity contribution in [1.82, 2.24) is 0 Å². The Hall–Kier alpha value is -1.23. The van der Waals surface area contributed by atoms with Crippen molar-refractivity contribution in [2.24, 2.45) is 0 Å². The Kier molecular flexibility index (Phi) is 5.28. The van der Waals surface area contributed by atoms with Crippen molar-refractivity contribution in [2.75, 3.05) is 13.2 Å². The fraction of sp³-hybridized carbons (Fsp3) is 0.500. The van der Waals surface area contributed by atoms with Crippen molar-refractivity contribution >= 4 is 0 Å². The van der Waals surface area contributed by atoms with Crippen LogP contribution in [0, 0.1) is 0 Å². The summed E-state index contributed by atoms with van der Waals surface area (Å²) in [4.78, 5) is 0. The number of rotatable bonds is 6. The molecule has 0 fully saturated rings. The SMILES string of the molecule is [O]CCCCCOc1ccc(C(F)(F)F)cc1. The molecule has 0 unspecified atom stereocenters. The maximum absolute atomic E-state index is 12.2. The zero-order valence-corrected chi connectivity index (χ0v) is 9.30. The number of hydrogen-bond acceptors (Lipinski definition) is 1. The largest absolute Gasteiger partial charge is 0.494 e. The van der Waals surface area contributed by atoms with Gasteiger partial charge >= 0.3 is 6.18 Å². The number of benzene rings is 1. The van der Waals surface area contributed by atoms with E-state index < -0.39 is 11.7 Å². The van der Waals surface area contributed by atoms with Gasteiger partial charge in [-0.2, -0.15) is 13.2 Å². The molecule has 1 aromatic rings. The van der Waals surface area contributed by atoms with Crippen molar-refractivity contribution in [2.45, 2.75) is 25.4 Å². The summed E-state index contributed by atoms with van der Waals surface area (Å²) in [5.74, 6) is 0.417. The number of halogens is 3. The quantitative estimate of drug-likeness (QED) is 0.705. The average Bonchev–Trinajstić information content (AvgIpc) is 2.28. The minimum absolute atomic E-state index is 0.0969. The lowest BCUT2D eigenvalue weighted by atomic mass is 10.2. The monoisotopic (exact) mass is 247 g/mol. The van der Waals surface area contributed by atoms with Gasteiger partial charge in [0.15, 0.2) is 0 Å². The maximum atomic E-state index is 12.2. The Morgan fingerprint density at radius 1 is 1.00 bits per heavy atom. The topological polar surface area (TPSA) is 29.1 Å². The molecule has 0 aliphatic heterocycles. The predicted octanol–water partition coefficient (Wildman–Crippen LogP) is 3.69. The van der Waals surface area contributed by atoms with Gasteiger partial charge in [0.05, 0.1) is 18.8 Å². The van der Waals surface area contributed by atoms with Crippen molar-refractivity contribution in [3.05, 3.63) is 29.8 Å². The Balaban J connectivity index is 2.36. The second-order valence-electron chi connectivity index (χ2n) is 3.64. The lowest BCUT2D eigenvalue weighted by Crippen LogP contribution is -2.04. The van der Waals surface area contributed by atoms with Gasteiger partial charge in [0, 0.05) is 0 Å². The Morgan fingerprint density at radius 2 is 1.65 bits per heavy atom. The first kappa shape index (κ1) is 13.8. The molecule has 17 heavy (non-hydrogen) atoms. The molecule has 0 saturated carbocycles. The lowest BCUT2D eigenvalue weighted by molar-refractivity contribution is -0.137. The molecule has 0 atom stereocenters. The van der Waals surface area contributed by atoms with Crippen LogP contribution in [0.2, 0.25) is 0 Å². The van der Waals surface area contributed by atoms with Gasteiger partial charge in [0.2, 0.25) is 0 Å². The zero-order valence-electron chi connectivity index (χ0n) is 9.30. The summed E-state index contributed by atoms with van der Waals surface area (Å²) in [6.45, 7) is 0.325. The fourth-order valence-corrected chi connectivity index (χ4v) is 1.31. The molecule has 0 aliphatic rings. The molecule has 0 aromatic heterocycles. The van der Waals surface area contributed by atoms with Crippen LogP contribution in [-0.2, 0) is 11.3 Å². The molecule has 0 heterocycles. The van der Waals surface area contributed by atoms with Crippen LogP contribution in [0.15, 0.2) is 24.3 Å². The Morgan fingerprint density at radius 3 is 2.18 bits per heavy atom. The van der Waals surface area contributed by atoms with E-state index in [-0.39, 0.29) is 6.61 Å².